The van der Waals surface area contributed by atoms with Crippen molar-refractivity contribution in [2.75, 3.05) is 0 Å². The maximum Gasteiger partial charge on any atom is 2.00 e. The minimum Gasteiger partial charge on any atom is -1.00 e. The molecule has 1 nitrogen and oxygen atoms in total. The van der Waals surface area contributed by atoms with Crippen molar-refractivity contribution in [3.63, 3.8) is 0 Å². The van der Waals surface area contributed by atoms with Crippen LogP contribution in [-0.4, -0.2) is 31.4 Å². The molecule has 0 unspecified atom stereocenters. The minimum atomic E-state index is -1.74. The summed E-state index contributed by atoms with van der Waals surface area (Å²) in [5.41, 5.74) is 0. The molecule has 0 aliphatic rings. The van der Waals surface area contributed by atoms with Gasteiger partial charge in [0.25, 0.3) is 0 Å². The molecule has 0 amide bonds. The maximum atomic E-state index is 6.30. The van der Waals surface area contributed by atoms with Gasteiger partial charge in [0.1, 0.15) is 5.75 Å². The van der Waals surface area contributed by atoms with Crippen molar-refractivity contribution < 1.29 is 21.4 Å². The number of hydrogen-bond acceptors (Lipinski definition) is 1. The minimum absolute atomic E-state index is 0. The number of hydrogen-bond donors (Lipinski definition) is 0. The van der Waals surface area contributed by atoms with E-state index in [0.717, 1.165) is 5.75 Å². The van der Waals surface area contributed by atoms with Gasteiger partial charge in [0.15, 0.2) is 0 Å². The second-order valence-corrected chi connectivity index (χ2v) is 11.0. The molecular weight excluding hydrogens is 340 g/mol. The molecule has 2 aromatic rings. The molecule has 0 N–H and O–H groups in total. The van der Waals surface area contributed by atoms with Crippen molar-refractivity contribution in [3.8, 4) is 5.75 Å². The fraction of sp³-hybridized carbons (Fsp3) is 0.375. The van der Waals surface area contributed by atoms with Crippen molar-refractivity contribution in [2.45, 2.75) is 38.9 Å². The Bertz CT molecular complexity index is 564. The van der Waals surface area contributed by atoms with Gasteiger partial charge in [0, 0.05) is 0 Å². The Balaban J connectivity index is 0.00000180. The molecular formula is C16H21BrMgOSi. The molecule has 0 fully saturated rings. The number of rotatable bonds is 2. The Labute approximate surface area is 150 Å². The summed E-state index contributed by atoms with van der Waals surface area (Å²) in [6, 6.07) is 15.4. The van der Waals surface area contributed by atoms with E-state index in [2.05, 4.69) is 64.2 Å². The van der Waals surface area contributed by atoms with E-state index in [1.54, 1.807) is 0 Å². The first-order valence-corrected chi connectivity index (χ1v) is 9.29. The predicted molar refractivity (Wildman–Crippen MR) is 86.4 cm³/mol. The van der Waals surface area contributed by atoms with Crippen LogP contribution in [0.3, 0.4) is 0 Å². The monoisotopic (exact) mass is 360 g/mol. The van der Waals surface area contributed by atoms with Crippen LogP contribution in [-0.2, 0) is 0 Å². The van der Waals surface area contributed by atoms with Crippen molar-refractivity contribution >= 4 is 42.1 Å². The summed E-state index contributed by atoms with van der Waals surface area (Å²) in [7, 11) is -1.74. The van der Waals surface area contributed by atoms with Crippen LogP contribution in [0, 0.1) is 6.07 Å². The van der Waals surface area contributed by atoms with E-state index in [9.17, 15) is 0 Å². The van der Waals surface area contributed by atoms with Gasteiger partial charge in [0.2, 0.25) is 8.32 Å². The Morgan fingerprint density at radius 1 is 1.05 bits per heavy atom. The van der Waals surface area contributed by atoms with Gasteiger partial charge >= 0.3 is 23.1 Å². The third kappa shape index (κ3) is 4.48. The van der Waals surface area contributed by atoms with E-state index in [1.165, 1.54) is 10.8 Å². The Morgan fingerprint density at radius 3 is 2.30 bits per heavy atom. The van der Waals surface area contributed by atoms with Gasteiger partial charge in [-0.25, -0.2) is 0 Å². The van der Waals surface area contributed by atoms with Gasteiger partial charge in [-0.3, -0.25) is 0 Å². The molecule has 0 aliphatic carbocycles. The van der Waals surface area contributed by atoms with E-state index in [-0.39, 0.29) is 45.1 Å². The largest absolute Gasteiger partial charge is 2.00 e. The summed E-state index contributed by atoms with van der Waals surface area (Å²) in [4.78, 5) is 0. The number of fused-ring (bicyclic) bond motifs is 1. The van der Waals surface area contributed by atoms with E-state index in [0.29, 0.717) is 0 Å². The van der Waals surface area contributed by atoms with Crippen LogP contribution in [0.1, 0.15) is 20.8 Å². The summed E-state index contributed by atoms with van der Waals surface area (Å²) in [5, 5.41) is 2.65. The summed E-state index contributed by atoms with van der Waals surface area (Å²) >= 11 is 0. The molecule has 2 aromatic carbocycles. The zero-order valence-electron chi connectivity index (χ0n) is 13.0. The molecule has 0 heterocycles. The van der Waals surface area contributed by atoms with Gasteiger partial charge in [-0.2, -0.15) is 24.3 Å². The van der Waals surface area contributed by atoms with E-state index in [4.69, 9.17) is 4.43 Å². The fourth-order valence-corrected chi connectivity index (χ4v) is 2.64. The van der Waals surface area contributed by atoms with Crippen LogP contribution in [0.15, 0.2) is 36.4 Å². The number of benzene rings is 2. The van der Waals surface area contributed by atoms with Crippen LogP contribution >= 0.6 is 0 Å². The van der Waals surface area contributed by atoms with Crippen molar-refractivity contribution in [1.29, 1.82) is 0 Å². The van der Waals surface area contributed by atoms with Crippen LogP contribution < -0.4 is 21.4 Å². The molecule has 0 radical (unpaired) electrons. The van der Waals surface area contributed by atoms with Gasteiger partial charge < -0.3 is 21.4 Å². The first-order chi connectivity index (χ1) is 8.29. The molecule has 2 rings (SSSR count). The topological polar surface area (TPSA) is 9.23 Å². The van der Waals surface area contributed by atoms with E-state index < -0.39 is 8.32 Å². The van der Waals surface area contributed by atoms with Crippen LogP contribution in [0.4, 0.5) is 0 Å². The predicted octanol–water partition coefficient (Wildman–Crippen LogP) is 1.65. The van der Waals surface area contributed by atoms with E-state index >= 15 is 0 Å². The third-order valence-electron chi connectivity index (χ3n) is 3.84. The zero-order chi connectivity index (χ0) is 13.4. The quantitative estimate of drug-likeness (QED) is 0.584. The molecule has 0 saturated heterocycles. The van der Waals surface area contributed by atoms with Gasteiger partial charge in [-0.1, -0.05) is 20.8 Å². The summed E-state index contributed by atoms with van der Waals surface area (Å²) in [6.07, 6.45) is 0. The van der Waals surface area contributed by atoms with E-state index in [1.807, 2.05) is 12.1 Å². The molecule has 0 aliphatic heterocycles. The molecule has 4 heteroatoms. The fourth-order valence-electron chi connectivity index (χ4n) is 1.62. The van der Waals surface area contributed by atoms with Crippen LogP contribution in [0.2, 0.25) is 18.1 Å². The maximum absolute atomic E-state index is 6.30. The van der Waals surface area contributed by atoms with Gasteiger partial charge in [-0.05, 0) is 30.3 Å². The van der Waals surface area contributed by atoms with Gasteiger partial charge in [-0.15, -0.1) is 16.8 Å². The van der Waals surface area contributed by atoms with Crippen molar-refractivity contribution in [2.24, 2.45) is 0 Å². The third-order valence-corrected chi connectivity index (χ3v) is 8.19. The summed E-state index contributed by atoms with van der Waals surface area (Å²) in [5.74, 6) is 0.986. The molecule has 104 valence electrons. The van der Waals surface area contributed by atoms with Gasteiger partial charge in [0.05, 0.1) is 0 Å². The number of halogens is 1. The second kappa shape index (κ2) is 7.29. The standard InChI is InChI=1S/C16H21OSi.BrH.Mg/c1-16(2,3)18(4,5)17-15-11-10-13-8-6-7-9-14(13)12-15;;/h7-12H,1-5H3;1H;/q-1;;+2/p-1. The molecule has 0 atom stereocenters. The first-order valence-electron chi connectivity index (χ1n) is 6.38. The second-order valence-electron chi connectivity index (χ2n) is 6.30. The summed E-state index contributed by atoms with van der Waals surface area (Å²) < 4.78 is 6.30. The SMILES string of the molecule is CC(C)(C)[Si](C)(C)Oc1ccc2c[c-]ccc2c1.[Br-].[Mg+2]. The smallest absolute Gasteiger partial charge is 1.00 e. The first kappa shape index (κ1) is 20.0. The normalized spacial score (nSPS) is 11.4. The zero-order valence-corrected chi connectivity index (χ0v) is 17.0. The molecule has 0 aromatic heterocycles. The summed E-state index contributed by atoms with van der Waals surface area (Å²) in [6.45, 7) is 11.3. The Hall–Kier alpha value is -0.0369. The average Bonchev–Trinajstić information content (AvgIpc) is 2.27. The van der Waals surface area contributed by atoms with Crippen LogP contribution in [0.5, 0.6) is 5.75 Å². The molecule has 0 spiro atoms. The average molecular weight is 362 g/mol. The van der Waals surface area contributed by atoms with Crippen molar-refractivity contribution in [1.82, 2.24) is 0 Å². The Morgan fingerprint density at radius 2 is 1.70 bits per heavy atom. The van der Waals surface area contributed by atoms with Crippen LogP contribution in [0.25, 0.3) is 10.8 Å². The molecule has 20 heavy (non-hydrogen) atoms. The molecule has 0 bridgehead atoms. The molecule has 0 saturated carbocycles. The van der Waals surface area contributed by atoms with Crippen molar-refractivity contribution in [3.05, 3.63) is 42.5 Å². The Kier molecular flexibility index (Phi) is 7.28.